The minimum Gasteiger partial charge on any atom is -0.356 e. The van der Waals surface area contributed by atoms with Gasteiger partial charge in [0.2, 0.25) is 5.91 Å². The fourth-order valence-electron chi connectivity index (χ4n) is 3.22. The average molecular weight is 344 g/mol. The van der Waals surface area contributed by atoms with E-state index >= 15 is 0 Å². The third-order valence-electron chi connectivity index (χ3n) is 5.16. The summed E-state index contributed by atoms with van der Waals surface area (Å²) in [7, 11) is 0. The molecule has 4 nitrogen and oxygen atoms in total. The van der Waals surface area contributed by atoms with Crippen LogP contribution in [0.25, 0.3) is 11.0 Å². The Morgan fingerprint density at radius 2 is 1.88 bits per heavy atom. The molecule has 1 aromatic carbocycles. The van der Waals surface area contributed by atoms with Crippen LogP contribution in [-0.4, -0.2) is 22.0 Å². The minimum atomic E-state index is 0.148. The smallest absolute Gasteiger partial charge is 0.223 e. The lowest BCUT2D eigenvalue weighted by Crippen LogP contribution is -2.31. The van der Waals surface area contributed by atoms with Gasteiger partial charge in [0.05, 0.1) is 11.0 Å². The molecule has 2 rings (SSSR count). The first-order valence-electron chi connectivity index (χ1n) is 9.82. The molecule has 138 valence electrons. The lowest BCUT2D eigenvalue weighted by atomic mass is 10.0. The number of carbonyl (C=O) groups excluding carboxylic acids is 1. The number of imidazole rings is 1. The minimum absolute atomic E-state index is 0.148. The predicted molar refractivity (Wildman–Crippen MR) is 105 cm³/mol. The van der Waals surface area contributed by atoms with Gasteiger partial charge in [0.1, 0.15) is 5.82 Å². The Hall–Kier alpha value is -1.84. The van der Waals surface area contributed by atoms with Crippen LogP contribution < -0.4 is 5.32 Å². The first-order valence-corrected chi connectivity index (χ1v) is 9.82. The van der Waals surface area contributed by atoms with E-state index < -0.39 is 0 Å². The van der Waals surface area contributed by atoms with E-state index in [0.717, 1.165) is 56.5 Å². The highest BCUT2D eigenvalue weighted by atomic mass is 16.1. The first kappa shape index (κ1) is 19.5. The van der Waals surface area contributed by atoms with E-state index in [1.54, 1.807) is 0 Å². The second-order valence-corrected chi connectivity index (χ2v) is 7.05. The molecule has 0 bridgehead atoms. The summed E-state index contributed by atoms with van der Waals surface area (Å²) >= 11 is 0. The van der Waals surface area contributed by atoms with Crippen LogP contribution in [0.2, 0.25) is 0 Å². The molecule has 0 aliphatic carbocycles. The third-order valence-corrected chi connectivity index (χ3v) is 5.16. The van der Waals surface area contributed by atoms with Gasteiger partial charge in [0, 0.05) is 25.4 Å². The molecule has 25 heavy (non-hydrogen) atoms. The number of benzene rings is 1. The summed E-state index contributed by atoms with van der Waals surface area (Å²) < 4.78 is 2.37. The summed E-state index contributed by atoms with van der Waals surface area (Å²) in [6.45, 7) is 10.4. The highest BCUT2D eigenvalue weighted by molar-refractivity contribution is 5.78. The maximum atomic E-state index is 12.1. The molecule has 1 unspecified atom stereocenters. The Balaban J connectivity index is 2.00. The fourth-order valence-corrected chi connectivity index (χ4v) is 3.22. The second kappa shape index (κ2) is 9.59. The number of fused-ring (bicyclic) bond motifs is 1. The van der Waals surface area contributed by atoms with Gasteiger partial charge >= 0.3 is 0 Å². The Morgan fingerprint density at radius 3 is 2.56 bits per heavy atom. The Labute approximate surface area is 152 Å². The molecule has 0 aliphatic rings. The summed E-state index contributed by atoms with van der Waals surface area (Å²) in [5.41, 5.74) is 2.29. The summed E-state index contributed by atoms with van der Waals surface area (Å²) in [6, 6.07) is 8.36. The van der Waals surface area contributed by atoms with E-state index in [2.05, 4.69) is 55.8 Å². The lowest BCUT2D eigenvalue weighted by Gasteiger charge is -2.15. The zero-order chi connectivity index (χ0) is 18.2. The topological polar surface area (TPSA) is 46.9 Å². The van der Waals surface area contributed by atoms with Crippen LogP contribution in [0.5, 0.6) is 0 Å². The van der Waals surface area contributed by atoms with Gasteiger partial charge in [-0.25, -0.2) is 4.98 Å². The summed E-state index contributed by atoms with van der Waals surface area (Å²) in [6.07, 6.45) is 4.81. The van der Waals surface area contributed by atoms with Crippen LogP contribution in [0.15, 0.2) is 24.3 Å². The molecule has 0 fully saturated rings. The van der Waals surface area contributed by atoms with Crippen LogP contribution >= 0.6 is 0 Å². The number of hydrogen-bond donors (Lipinski definition) is 1. The highest BCUT2D eigenvalue weighted by Gasteiger charge is 2.14. The second-order valence-electron chi connectivity index (χ2n) is 7.05. The van der Waals surface area contributed by atoms with Crippen molar-refractivity contribution < 1.29 is 4.79 Å². The largest absolute Gasteiger partial charge is 0.356 e. The van der Waals surface area contributed by atoms with Gasteiger partial charge in [-0.05, 0) is 37.3 Å². The summed E-state index contributed by atoms with van der Waals surface area (Å²) in [5.74, 6) is 2.11. The summed E-state index contributed by atoms with van der Waals surface area (Å²) in [5, 5.41) is 3.08. The number of aromatic nitrogens is 2. The summed E-state index contributed by atoms with van der Waals surface area (Å²) in [4.78, 5) is 16.9. The van der Waals surface area contributed by atoms with E-state index in [1.165, 1.54) is 5.52 Å². The van der Waals surface area contributed by atoms with Crippen molar-refractivity contribution in [2.45, 2.75) is 66.3 Å². The Bertz CT molecular complexity index is 673. The zero-order valence-electron chi connectivity index (χ0n) is 16.2. The molecule has 0 radical (unpaired) electrons. The Kier molecular flexibility index (Phi) is 7.48. The standard InChI is InChI=1S/C21H33N3O/c1-5-16(4)15-24-19-12-9-8-11-18(19)23-20(24)13-10-14-22-21(25)17(6-2)7-3/h8-9,11-12,16-17H,5-7,10,13-15H2,1-4H3,(H,22,25). The molecule has 4 heteroatoms. The molecule has 1 heterocycles. The molecule has 1 amide bonds. The molecule has 2 aromatic rings. The average Bonchev–Trinajstić information content (AvgIpc) is 2.97. The third kappa shape index (κ3) is 5.07. The molecule has 1 atom stereocenters. The number of rotatable bonds is 10. The van der Waals surface area contributed by atoms with Crippen molar-refractivity contribution in [2.75, 3.05) is 6.54 Å². The van der Waals surface area contributed by atoms with Gasteiger partial charge in [-0.15, -0.1) is 0 Å². The first-order chi connectivity index (χ1) is 12.1. The van der Waals surface area contributed by atoms with Gasteiger partial charge < -0.3 is 9.88 Å². The van der Waals surface area contributed by atoms with Crippen LogP contribution in [0, 0.1) is 11.8 Å². The quantitative estimate of drug-likeness (QED) is 0.643. The maximum absolute atomic E-state index is 12.1. The van der Waals surface area contributed by atoms with Gasteiger partial charge in [-0.1, -0.05) is 46.2 Å². The van der Waals surface area contributed by atoms with E-state index in [1.807, 2.05) is 6.07 Å². The molecular weight excluding hydrogens is 310 g/mol. The van der Waals surface area contributed by atoms with Crippen molar-refractivity contribution in [1.82, 2.24) is 14.9 Å². The predicted octanol–water partition coefficient (Wildman–Crippen LogP) is 4.57. The number of amides is 1. The molecular formula is C21H33N3O. The van der Waals surface area contributed by atoms with Gasteiger partial charge in [0.15, 0.2) is 0 Å². The van der Waals surface area contributed by atoms with E-state index in [4.69, 9.17) is 4.98 Å². The highest BCUT2D eigenvalue weighted by Crippen LogP contribution is 2.19. The van der Waals surface area contributed by atoms with Gasteiger partial charge in [0.25, 0.3) is 0 Å². The number of para-hydroxylation sites is 2. The lowest BCUT2D eigenvalue weighted by molar-refractivity contribution is -0.125. The van der Waals surface area contributed by atoms with E-state index in [9.17, 15) is 4.79 Å². The van der Waals surface area contributed by atoms with Gasteiger partial charge in [-0.2, -0.15) is 0 Å². The number of aryl methyl sites for hydroxylation is 1. The molecule has 1 aromatic heterocycles. The van der Waals surface area contributed by atoms with Crippen molar-refractivity contribution in [1.29, 1.82) is 0 Å². The maximum Gasteiger partial charge on any atom is 0.223 e. The van der Waals surface area contributed by atoms with Crippen molar-refractivity contribution >= 4 is 16.9 Å². The van der Waals surface area contributed by atoms with Crippen molar-refractivity contribution in [3.8, 4) is 0 Å². The van der Waals surface area contributed by atoms with Crippen LogP contribution in [-0.2, 0) is 17.8 Å². The van der Waals surface area contributed by atoms with Crippen molar-refractivity contribution in [3.63, 3.8) is 0 Å². The number of hydrogen-bond acceptors (Lipinski definition) is 2. The number of nitrogens with one attached hydrogen (secondary N) is 1. The van der Waals surface area contributed by atoms with Crippen LogP contribution in [0.4, 0.5) is 0 Å². The van der Waals surface area contributed by atoms with Crippen molar-refractivity contribution in [2.24, 2.45) is 11.8 Å². The zero-order valence-corrected chi connectivity index (χ0v) is 16.2. The number of nitrogens with zero attached hydrogens (tertiary/aromatic N) is 2. The molecule has 0 saturated carbocycles. The number of carbonyl (C=O) groups is 1. The van der Waals surface area contributed by atoms with Crippen molar-refractivity contribution in [3.05, 3.63) is 30.1 Å². The molecule has 0 saturated heterocycles. The molecule has 0 aliphatic heterocycles. The fraction of sp³-hybridized carbons (Fsp3) is 0.619. The van der Waals surface area contributed by atoms with Crippen LogP contribution in [0.1, 0.15) is 59.2 Å². The normalized spacial score (nSPS) is 12.7. The Morgan fingerprint density at radius 1 is 1.16 bits per heavy atom. The SMILES string of the molecule is CCC(C)Cn1c(CCCNC(=O)C(CC)CC)nc2ccccc21. The van der Waals surface area contributed by atoms with E-state index in [0.29, 0.717) is 5.92 Å². The van der Waals surface area contributed by atoms with Gasteiger partial charge in [-0.3, -0.25) is 4.79 Å². The monoisotopic (exact) mass is 343 g/mol. The molecule has 0 spiro atoms. The van der Waals surface area contributed by atoms with E-state index in [-0.39, 0.29) is 11.8 Å². The molecule has 1 N–H and O–H groups in total. The van der Waals surface area contributed by atoms with Crippen LogP contribution in [0.3, 0.4) is 0 Å².